The highest BCUT2D eigenvalue weighted by atomic mass is 32.1. The number of esters is 1. The minimum atomic E-state index is -0.699. The predicted octanol–water partition coefficient (Wildman–Crippen LogP) is 4.96. The number of nitro benzene ring substituents is 1. The van der Waals surface area contributed by atoms with Crippen LogP contribution in [0.5, 0.6) is 5.75 Å². The van der Waals surface area contributed by atoms with Gasteiger partial charge in [0.05, 0.1) is 29.1 Å². The van der Waals surface area contributed by atoms with E-state index < -0.39 is 22.7 Å². The van der Waals surface area contributed by atoms with E-state index in [0.717, 1.165) is 17.4 Å². The van der Waals surface area contributed by atoms with Crippen molar-refractivity contribution in [2.24, 2.45) is 0 Å². The number of benzene rings is 2. The molecule has 0 atom stereocenters. The summed E-state index contributed by atoms with van der Waals surface area (Å²) < 4.78 is 10.2. The highest BCUT2D eigenvalue weighted by Gasteiger charge is 2.27. The summed E-state index contributed by atoms with van der Waals surface area (Å²) >= 11 is 0.909. The van der Waals surface area contributed by atoms with E-state index in [1.165, 1.54) is 19.2 Å². The van der Waals surface area contributed by atoms with Crippen LogP contribution in [0, 0.1) is 24.0 Å². The number of nitro groups is 1. The average molecular weight is 498 g/mol. The van der Waals surface area contributed by atoms with Crippen molar-refractivity contribution >= 4 is 45.5 Å². The van der Waals surface area contributed by atoms with Crippen LogP contribution < -0.4 is 15.4 Å². The molecule has 35 heavy (non-hydrogen) atoms. The lowest BCUT2D eigenvalue weighted by atomic mass is 10.1. The number of hydrogen-bond acceptors (Lipinski definition) is 8. The molecule has 2 amide bonds. The summed E-state index contributed by atoms with van der Waals surface area (Å²) in [6.07, 6.45) is 0. The maximum atomic E-state index is 13.0. The van der Waals surface area contributed by atoms with Crippen molar-refractivity contribution in [3.63, 3.8) is 0 Å². The molecule has 0 aliphatic carbocycles. The number of nitrogens with zero attached hydrogens (tertiary/aromatic N) is 1. The number of anilines is 2. The van der Waals surface area contributed by atoms with Gasteiger partial charge in [-0.05, 0) is 56.7 Å². The Morgan fingerprint density at radius 1 is 1.03 bits per heavy atom. The van der Waals surface area contributed by atoms with Crippen molar-refractivity contribution in [1.29, 1.82) is 0 Å². The Kier molecular flexibility index (Phi) is 7.82. The van der Waals surface area contributed by atoms with Gasteiger partial charge in [0.2, 0.25) is 0 Å². The van der Waals surface area contributed by atoms with Crippen LogP contribution in [0.25, 0.3) is 0 Å². The normalized spacial score (nSPS) is 10.4. The first-order chi connectivity index (χ1) is 16.7. The second-order valence-electron chi connectivity index (χ2n) is 7.38. The zero-order valence-electron chi connectivity index (χ0n) is 19.5. The molecular formula is C24H23N3O7S. The fourth-order valence-electron chi connectivity index (χ4n) is 3.25. The van der Waals surface area contributed by atoms with Crippen LogP contribution in [0.1, 0.15) is 48.4 Å². The number of ether oxygens (including phenoxy) is 2. The third-order valence-electron chi connectivity index (χ3n) is 5.08. The van der Waals surface area contributed by atoms with Gasteiger partial charge in [0, 0.05) is 22.9 Å². The van der Waals surface area contributed by atoms with E-state index in [1.54, 1.807) is 45.0 Å². The summed E-state index contributed by atoms with van der Waals surface area (Å²) in [4.78, 5) is 49.4. The minimum Gasteiger partial charge on any atom is -0.497 e. The molecule has 0 aliphatic heterocycles. The van der Waals surface area contributed by atoms with E-state index in [0.29, 0.717) is 22.6 Å². The van der Waals surface area contributed by atoms with Gasteiger partial charge in [0.25, 0.3) is 17.5 Å². The summed E-state index contributed by atoms with van der Waals surface area (Å²) in [6.45, 7) is 4.88. The Labute approximate surface area is 205 Å². The van der Waals surface area contributed by atoms with Crippen LogP contribution in [-0.2, 0) is 4.74 Å². The smallest absolute Gasteiger partial charge is 0.341 e. The number of amides is 2. The topological polar surface area (TPSA) is 137 Å². The number of rotatable bonds is 8. The molecule has 0 bridgehead atoms. The quantitative estimate of drug-likeness (QED) is 0.255. The molecular weight excluding hydrogens is 474 g/mol. The van der Waals surface area contributed by atoms with Crippen molar-refractivity contribution in [2.45, 2.75) is 20.8 Å². The van der Waals surface area contributed by atoms with E-state index in [1.807, 2.05) is 0 Å². The van der Waals surface area contributed by atoms with E-state index in [9.17, 15) is 24.5 Å². The van der Waals surface area contributed by atoms with Crippen LogP contribution in [0.2, 0.25) is 0 Å². The molecule has 0 spiro atoms. The number of carbonyl (C=O) groups is 3. The summed E-state index contributed by atoms with van der Waals surface area (Å²) in [7, 11) is 1.53. The zero-order valence-corrected chi connectivity index (χ0v) is 20.3. The zero-order chi connectivity index (χ0) is 25.7. The number of hydrogen-bond donors (Lipinski definition) is 2. The van der Waals surface area contributed by atoms with E-state index >= 15 is 0 Å². The van der Waals surface area contributed by atoms with Gasteiger partial charge < -0.3 is 20.1 Å². The number of thiophene rings is 1. The fraction of sp³-hybridized carbons (Fsp3) is 0.208. The van der Waals surface area contributed by atoms with Gasteiger partial charge in [-0.25, -0.2) is 4.79 Å². The van der Waals surface area contributed by atoms with Crippen LogP contribution in [-0.4, -0.2) is 36.4 Å². The van der Waals surface area contributed by atoms with Crippen molar-refractivity contribution in [1.82, 2.24) is 0 Å². The van der Waals surface area contributed by atoms with Gasteiger partial charge in [0.15, 0.2) is 0 Å². The number of aryl methyl sites for hydroxylation is 1. The molecule has 3 rings (SSSR count). The first kappa shape index (κ1) is 25.4. The fourth-order valence-corrected chi connectivity index (χ4v) is 4.34. The van der Waals surface area contributed by atoms with Crippen LogP contribution in [0.15, 0.2) is 42.5 Å². The van der Waals surface area contributed by atoms with Crippen molar-refractivity contribution in [3.05, 3.63) is 79.7 Å². The molecule has 0 unspecified atom stereocenters. The Hall–Kier alpha value is -4.25. The molecule has 10 nitrogen and oxygen atoms in total. The molecule has 1 heterocycles. The van der Waals surface area contributed by atoms with Crippen LogP contribution in [0.4, 0.5) is 16.4 Å². The number of methoxy groups -OCH3 is 1. The van der Waals surface area contributed by atoms with Crippen molar-refractivity contribution in [3.8, 4) is 5.75 Å². The van der Waals surface area contributed by atoms with E-state index in [4.69, 9.17) is 9.47 Å². The Bertz CT molecular complexity index is 1300. The Morgan fingerprint density at radius 3 is 2.31 bits per heavy atom. The van der Waals surface area contributed by atoms with Crippen molar-refractivity contribution in [2.75, 3.05) is 24.4 Å². The molecule has 0 radical (unpaired) electrons. The molecule has 0 saturated carbocycles. The summed E-state index contributed by atoms with van der Waals surface area (Å²) in [5, 5.41) is 16.7. The Morgan fingerprint density at radius 2 is 1.71 bits per heavy atom. The molecule has 1 aromatic heterocycles. The number of carbonyl (C=O) groups excluding carboxylic acids is 3. The lowest BCUT2D eigenvalue weighted by Gasteiger charge is -2.08. The molecule has 11 heteroatoms. The first-order valence-electron chi connectivity index (χ1n) is 10.5. The molecule has 2 aromatic carbocycles. The van der Waals surface area contributed by atoms with Crippen LogP contribution >= 0.6 is 11.3 Å². The summed E-state index contributed by atoms with van der Waals surface area (Å²) in [5.74, 6) is -1.21. The Balaban J connectivity index is 1.94. The SMILES string of the molecule is CCOC(=O)c1c(NC(=O)c2ccc(C)c([N+](=O)[O-])c2)sc(C(=O)Nc2ccc(OC)cc2)c1C. The molecule has 0 fully saturated rings. The molecule has 3 aromatic rings. The van der Waals surface area contributed by atoms with E-state index in [-0.39, 0.29) is 33.3 Å². The van der Waals surface area contributed by atoms with Crippen molar-refractivity contribution < 1.29 is 28.8 Å². The third kappa shape index (κ3) is 5.64. The molecule has 0 aliphatic rings. The number of nitrogens with one attached hydrogen (secondary N) is 2. The van der Waals surface area contributed by atoms with Gasteiger partial charge in [-0.15, -0.1) is 11.3 Å². The maximum absolute atomic E-state index is 13.0. The summed E-state index contributed by atoms with van der Waals surface area (Å²) in [6, 6.07) is 10.8. The van der Waals surface area contributed by atoms with Gasteiger partial charge >= 0.3 is 5.97 Å². The highest BCUT2D eigenvalue weighted by molar-refractivity contribution is 7.19. The lowest BCUT2D eigenvalue weighted by molar-refractivity contribution is -0.385. The van der Waals surface area contributed by atoms with Gasteiger partial charge in [0.1, 0.15) is 10.8 Å². The standard InChI is InChI=1S/C24H23N3O7S/c1-5-34-24(30)19-14(3)20(22(29)25-16-8-10-17(33-4)11-9-16)35-23(19)26-21(28)15-7-6-13(2)18(12-15)27(31)32/h6-12H,5H2,1-4H3,(H,25,29)(H,26,28). The minimum absolute atomic E-state index is 0.0346. The monoisotopic (exact) mass is 497 g/mol. The third-order valence-corrected chi connectivity index (χ3v) is 6.28. The lowest BCUT2D eigenvalue weighted by Crippen LogP contribution is -2.15. The van der Waals surface area contributed by atoms with Gasteiger partial charge in [-0.2, -0.15) is 0 Å². The molecule has 0 saturated heterocycles. The predicted molar refractivity (Wildman–Crippen MR) is 132 cm³/mol. The second-order valence-corrected chi connectivity index (χ2v) is 8.40. The van der Waals surface area contributed by atoms with E-state index in [2.05, 4.69) is 10.6 Å². The van der Waals surface area contributed by atoms with Gasteiger partial charge in [-0.3, -0.25) is 19.7 Å². The maximum Gasteiger partial charge on any atom is 0.341 e. The molecule has 2 N–H and O–H groups in total. The first-order valence-corrected chi connectivity index (χ1v) is 11.3. The molecule has 182 valence electrons. The highest BCUT2D eigenvalue weighted by Crippen LogP contribution is 2.35. The second kappa shape index (κ2) is 10.8. The van der Waals surface area contributed by atoms with Gasteiger partial charge in [-0.1, -0.05) is 6.07 Å². The largest absolute Gasteiger partial charge is 0.497 e. The summed E-state index contributed by atoms with van der Waals surface area (Å²) in [5.41, 5.74) is 1.14. The van der Waals surface area contributed by atoms with Crippen LogP contribution in [0.3, 0.4) is 0 Å². The average Bonchev–Trinajstić information content (AvgIpc) is 3.15.